The molecule has 0 saturated carbocycles. The molecule has 2 heterocycles. The first-order valence-electron chi connectivity index (χ1n) is 11.5. The molecule has 2 aromatic rings. The average molecular weight is 590 g/mol. The Morgan fingerprint density at radius 1 is 1.08 bits per heavy atom. The molecule has 0 amide bonds. The van der Waals surface area contributed by atoms with E-state index in [1.165, 1.54) is 31.7 Å². The molecule has 1 N–H and O–H groups in total. The van der Waals surface area contributed by atoms with Crippen LogP contribution in [0.3, 0.4) is 0 Å². The maximum Gasteiger partial charge on any atom is 0.336 e. The van der Waals surface area contributed by atoms with Crippen molar-refractivity contribution in [3.8, 4) is 5.75 Å². The number of esters is 3. The van der Waals surface area contributed by atoms with Gasteiger partial charge in [-0.2, -0.15) is 8.42 Å². The van der Waals surface area contributed by atoms with Crippen molar-refractivity contribution in [1.82, 2.24) is 4.90 Å². The molecule has 216 valence electrons. The summed E-state index contributed by atoms with van der Waals surface area (Å²) in [6.45, 7) is 4.25. The van der Waals surface area contributed by atoms with Crippen molar-refractivity contribution >= 4 is 50.8 Å². The molecule has 1 aliphatic rings. The highest BCUT2D eigenvalue weighted by Gasteiger charge is 2.48. The Bertz CT molecular complexity index is 1350. The number of hydrogen-bond donors (Lipinski definition) is 1. The zero-order valence-corrected chi connectivity index (χ0v) is 23.9. The number of aryl methyl sites for hydroxylation is 1. The molecular weight excluding hydrogens is 558 g/mol. The molecule has 1 aromatic heterocycles. The normalized spacial score (nSPS) is 20.9. The van der Waals surface area contributed by atoms with E-state index in [-0.39, 0.29) is 12.3 Å². The molecule has 1 saturated heterocycles. The number of rotatable bonds is 7. The highest BCUT2D eigenvalue weighted by atomic mass is 32.2. The lowest BCUT2D eigenvalue weighted by atomic mass is 10.1. The molecule has 39 heavy (non-hydrogen) atoms. The van der Waals surface area contributed by atoms with Gasteiger partial charge in [0.2, 0.25) is 0 Å². The fraction of sp³-hybridized carbons (Fsp3) is 0.500. The van der Waals surface area contributed by atoms with Gasteiger partial charge in [0, 0.05) is 37.1 Å². The number of nitrogens with zero attached hydrogens (tertiary/aromatic N) is 1. The number of hydrogen-bond acceptors (Lipinski definition) is 13. The Balaban J connectivity index is 0.000000976. The predicted molar refractivity (Wildman–Crippen MR) is 141 cm³/mol. The standard InChI is InChI=1S/C23H27NO9S.CH4O3S/c1-12-8-19(27)32-17-9-15(6-7-16(12)17)31-23-22(33-20(28)10-24(4)5)21(30-14(3)26)18(11-34-23)29-13(2)25;1-5(2,3)4/h6-9,18,21-23H,10-11H2,1-5H3;1H3,(H,2,3,4)/t18-,21+,22-,23-;/m1./s1. The molecule has 4 atom stereocenters. The molecule has 1 fully saturated rings. The van der Waals surface area contributed by atoms with Crippen LogP contribution in [0.15, 0.2) is 33.5 Å². The van der Waals surface area contributed by atoms with Gasteiger partial charge < -0.3 is 23.4 Å². The molecular formula is C24H31NO12S2. The van der Waals surface area contributed by atoms with Crippen LogP contribution < -0.4 is 10.4 Å². The molecule has 1 aliphatic heterocycles. The maximum absolute atomic E-state index is 12.5. The van der Waals surface area contributed by atoms with Crippen molar-refractivity contribution in [2.24, 2.45) is 0 Å². The zero-order chi connectivity index (χ0) is 29.5. The van der Waals surface area contributed by atoms with Gasteiger partial charge in [0.15, 0.2) is 23.7 Å². The van der Waals surface area contributed by atoms with E-state index in [1.54, 1.807) is 44.1 Å². The van der Waals surface area contributed by atoms with Crippen LogP contribution in [0.2, 0.25) is 0 Å². The fourth-order valence-electron chi connectivity index (χ4n) is 3.58. The number of benzene rings is 1. The van der Waals surface area contributed by atoms with Gasteiger partial charge in [0.1, 0.15) is 11.3 Å². The topological polar surface area (TPSA) is 176 Å². The van der Waals surface area contributed by atoms with Crippen molar-refractivity contribution in [1.29, 1.82) is 0 Å². The van der Waals surface area contributed by atoms with Gasteiger partial charge in [-0.1, -0.05) is 0 Å². The molecule has 3 rings (SSSR count). The highest BCUT2D eigenvalue weighted by Crippen LogP contribution is 2.35. The lowest BCUT2D eigenvalue weighted by Crippen LogP contribution is -2.56. The summed E-state index contributed by atoms with van der Waals surface area (Å²) < 4.78 is 53.7. The van der Waals surface area contributed by atoms with E-state index in [1.807, 2.05) is 0 Å². The Kier molecular flexibility index (Phi) is 11.3. The smallest absolute Gasteiger partial charge is 0.336 e. The summed E-state index contributed by atoms with van der Waals surface area (Å²) in [6.07, 6.45) is -2.26. The van der Waals surface area contributed by atoms with E-state index in [4.69, 9.17) is 27.9 Å². The Hall–Kier alpha value is -3.14. The second-order valence-corrected chi connectivity index (χ2v) is 11.5. The summed E-state index contributed by atoms with van der Waals surface area (Å²) in [7, 11) is -0.248. The minimum Gasteiger partial charge on any atom is -0.476 e. The van der Waals surface area contributed by atoms with Gasteiger partial charge in [-0.15, -0.1) is 11.8 Å². The molecule has 0 unspecified atom stereocenters. The first-order valence-corrected chi connectivity index (χ1v) is 14.4. The zero-order valence-electron chi connectivity index (χ0n) is 22.2. The van der Waals surface area contributed by atoms with Gasteiger partial charge in [0.05, 0.1) is 12.8 Å². The van der Waals surface area contributed by atoms with Crippen LogP contribution in [0, 0.1) is 6.92 Å². The maximum atomic E-state index is 12.5. The average Bonchev–Trinajstić information content (AvgIpc) is 2.75. The highest BCUT2D eigenvalue weighted by molar-refractivity contribution is 7.99. The summed E-state index contributed by atoms with van der Waals surface area (Å²) in [5, 5.41) is 0.755. The Morgan fingerprint density at radius 3 is 2.26 bits per heavy atom. The third kappa shape index (κ3) is 10.9. The summed E-state index contributed by atoms with van der Waals surface area (Å²) in [4.78, 5) is 49.4. The van der Waals surface area contributed by atoms with E-state index in [9.17, 15) is 27.6 Å². The van der Waals surface area contributed by atoms with Crippen LogP contribution in [0.4, 0.5) is 0 Å². The number of likely N-dealkylation sites (N-methyl/N-ethyl adjacent to an activating group) is 1. The van der Waals surface area contributed by atoms with Gasteiger partial charge in [-0.05, 0) is 38.7 Å². The summed E-state index contributed by atoms with van der Waals surface area (Å²) in [5.41, 5.74) is -0.168. The number of fused-ring (bicyclic) bond motifs is 1. The van der Waals surface area contributed by atoms with Crippen molar-refractivity contribution < 1.29 is 50.7 Å². The van der Waals surface area contributed by atoms with Crippen LogP contribution in [0.1, 0.15) is 19.4 Å². The first-order chi connectivity index (χ1) is 18.0. The van der Waals surface area contributed by atoms with Gasteiger partial charge in [-0.3, -0.25) is 23.8 Å². The number of thioether (sulfide) groups is 1. The van der Waals surface area contributed by atoms with Crippen LogP contribution >= 0.6 is 11.8 Å². The van der Waals surface area contributed by atoms with Crippen molar-refractivity contribution in [3.05, 3.63) is 40.2 Å². The minimum absolute atomic E-state index is 0.0146. The second kappa shape index (κ2) is 13.8. The quantitative estimate of drug-likeness (QED) is 0.212. The van der Waals surface area contributed by atoms with Gasteiger partial charge in [0.25, 0.3) is 10.1 Å². The molecule has 15 heteroatoms. The molecule has 0 radical (unpaired) electrons. The first kappa shape index (κ1) is 32.1. The molecule has 0 aliphatic carbocycles. The van der Waals surface area contributed by atoms with E-state index in [2.05, 4.69) is 0 Å². The number of ether oxygens (including phenoxy) is 4. The summed E-state index contributed by atoms with van der Waals surface area (Å²) in [5.74, 6) is -1.14. The van der Waals surface area contributed by atoms with Gasteiger partial charge >= 0.3 is 23.5 Å². The largest absolute Gasteiger partial charge is 0.476 e. The Labute approximate surface area is 229 Å². The molecule has 0 bridgehead atoms. The van der Waals surface area contributed by atoms with Crippen molar-refractivity contribution in [2.45, 2.75) is 44.5 Å². The lowest BCUT2D eigenvalue weighted by Gasteiger charge is -2.40. The van der Waals surface area contributed by atoms with E-state index < -0.39 is 57.4 Å². The van der Waals surface area contributed by atoms with Crippen LogP contribution in [0.5, 0.6) is 5.75 Å². The summed E-state index contributed by atoms with van der Waals surface area (Å²) >= 11 is 1.25. The van der Waals surface area contributed by atoms with E-state index >= 15 is 0 Å². The van der Waals surface area contributed by atoms with Crippen LogP contribution in [-0.4, -0.2) is 92.2 Å². The molecule has 0 spiro atoms. The predicted octanol–water partition coefficient (Wildman–Crippen LogP) is 1.39. The van der Waals surface area contributed by atoms with Crippen LogP contribution in [0.25, 0.3) is 11.0 Å². The van der Waals surface area contributed by atoms with E-state index in [0.29, 0.717) is 17.6 Å². The molecule has 1 aromatic carbocycles. The fourth-order valence-corrected chi connectivity index (χ4v) is 4.79. The Morgan fingerprint density at radius 2 is 1.69 bits per heavy atom. The minimum atomic E-state index is -3.67. The third-order valence-corrected chi connectivity index (χ3v) is 6.10. The monoisotopic (exact) mass is 589 g/mol. The van der Waals surface area contributed by atoms with Crippen molar-refractivity contribution in [3.63, 3.8) is 0 Å². The third-order valence-electron chi connectivity index (χ3n) is 4.89. The van der Waals surface area contributed by atoms with Gasteiger partial charge in [-0.25, -0.2) is 4.79 Å². The molecule has 13 nitrogen and oxygen atoms in total. The SMILES string of the molecule is CC(=O)O[C@@H]1[C@@H](OC(=O)CN(C)C)[C@H](Oc2ccc3c(C)cc(=O)oc3c2)SC[C@H]1OC(C)=O.CS(=O)(=O)O. The van der Waals surface area contributed by atoms with Crippen molar-refractivity contribution in [2.75, 3.05) is 32.6 Å². The number of carbonyl (C=O) groups is 3. The summed E-state index contributed by atoms with van der Waals surface area (Å²) in [6, 6.07) is 6.43. The van der Waals surface area contributed by atoms with Crippen LogP contribution in [-0.2, 0) is 38.7 Å². The number of carbonyl (C=O) groups excluding carboxylic acids is 3. The lowest BCUT2D eigenvalue weighted by molar-refractivity contribution is -0.187. The van der Waals surface area contributed by atoms with E-state index in [0.717, 1.165) is 10.9 Å². The second-order valence-electron chi connectivity index (χ2n) is 8.87.